The van der Waals surface area contributed by atoms with Gasteiger partial charge >= 0.3 is 0 Å². The van der Waals surface area contributed by atoms with E-state index in [1.807, 2.05) is 0 Å². The standard InChI is InChI=1S/C9H3Cl3F2N2O/c10-9(11,12)8-15-7(16-17-8)4-1-5(13)3-6(14)2-4/h1-3H. The molecule has 0 saturated carbocycles. The largest absolute Gasteiger partial charge is 0.334 e. The lowest BCUT2D eigenvalue weighted by Gasteiger charge is -2.01. The van der Waals surface area contributed by atoms with Gasteiger partial charge in [0.2, 0.25) is 5.82 Å². The van der Waals surface area contributed by atoms with Gasteiger partial charge in [-0.25, -0.2) is 8.78 Å². The molecule has 8 heteroatoms. The van der Waals surface area contributed by atoms with Crippen molar-refractivity contribution < 1.29 is 13.3 Å². The molecule has 2 aromatic rings. The van der Waals surface area contributed by atoms with Crippen LogP contribution in [0.15, 0.2) is 22.7 Å². The van der Waals surface area contributed by atoms with Gasteiger partial charge < -0.3 is 4.52 Å². The minimum Gasteiger partial charge on any atom is -0.334 e. The summed E-state index contributed by atoms with van der Waals surface area (Å²) in [6.07, 6.45) is 0. The first-order valence-corrected chi connectivity index (χ1v) is 5.37. The molecular weight excluding hydrogens is 296 g/mol. The van der Waals surface area contributed by atoms with Gasteiger partial charge in [0, 0.05) is 11.6 Å². The van der Waals surface area contributed by atoms with Gasteiger partial charge in [0.05, 0.1) is 0 Å². The van der Waals surface area contributed by atoms with E-state index in [1.165, 1.54) is 0 Å². The summed E-state index contributed by atoms with van der Waals surface area (Å²) >= 11 is 16.5. The van der Waals surface area contributed by atoms with E-state index < -0.39 is 15.4 Å². The number of hydrogen-bond acceptors (Lipinski definition) is 3. The number of aromatic nitrogens is 2. The van der Waals surface area contributed by atoms with Gasteiger partial charge in [-0.15, -0.1) is 0 Å². The van der Waals surface area contributed by atoms with E-state index in [4.69, 9.17) is 34.8 Å². The summed E-state index contributed by atoms with van der Waals surface area (Å²) in [4.78, 5) is 3.73. The van der Waals surface area contributed by atoms with Crippen molar-refractivity contribution >= 4 is 34.8 Å². The molecule has 0 saturated heterocycles. The smallest absolute Gasteiger partial charge is 0.279 e. The van der Waals surface area contributed by atoms with Crippen LogP contribution in [0.4, 0.5) is 8.78 Å². The van der Waals surface area contributed by atoms with Crippen molar-refractivity contribution in [2.75, 3.05) is 0 Å². The Labute approximate surface area is 109 Å². The van der Waals surface area contributed by atoms with Crippen molar-refractivity contribution in [2.24, 2.45) is 0 Å². The topological polar surface area (TPSA) is 38.9 Å². The van der Waals surface area contributed by atoms with Crippen LogP contribution < -0.4 is 0 Å². The van der Waals surface area contributed by atoms with E-state index in [-0.39, 0.29) is 17.3 Å². The maximum absolute atomic E-state index is 13.0. The Hall–Kier alpha value is -0.910. The molecule has 0 radical (unpaired) electrons. The maximum atomic E-state index is 13.0. The van der Waals surface area contributed by atoms with Crippen molar-refractivity contribution in [2.45, 2.75) is 3.79 Å². The van der Waals surface area contributed by atoms with E-state index in [0.717, 1.165) is 18.2 Å². The molecule has 0 amide bonds. The molecular formula is C9H3Cl3F2N2O. The highest BCUT2D eigenvalue weighted by Crippen LogP contribution is 2.37. The molecule has 1 aromatic carbocycles. The normalized spacial score (nSPS) is 11.8. The van der Waals surface area contributed by atoms with Crippen molar-refractivity contribution in [3.63, 3.8) is 0 Å². The number of halogens is 5. The van der Waals surface area contributed by atoms with Crippen LogP contribution in [-0.2, 0) is 3.79 Å². The minimum atomic E-state index is -1.88. The van der Waals surface area contributed by atoms with Crippen LogP contribution in [0.2, 0.25) is 0 Å². The van der Waals surface area contributed by atoms with Crippen LogP contribution in [0.5, 0.6) is 0 Å². The van der Waals surface area contributed by atoms with Crippen LogP contribution in [0.25, 0.3) is 11.4 Å². The van der Waals surface area contributed by atoms with E-state index in [1.54, 1.807) is 0 Å². The zero-order chi connectivity index (χ0) is 12.6. The molecule has 0 aliphatic carbocycles. The Balaban J connectivity index is 2.44. The van der Waals surface area contributed by atoms with Crippen LogP contribution in [0.1, 0.15) is 5.89 Å². The number of nitrogens with zero attached hydrogens (tertiary/aromatic N) is 2. The molecule has 0 aliphatic heterocycles. The summed E-state index contributed by atoms with van der Waals surface area (Å²) in [5.74, 6) is -1.87. The Morgan fingerprint density at radius 2 is 1.65 bits per heavy atom. The Morgan fingerprint density at radius 1 is 1.06 bits per heavy atom. The fourth-order valence-electron chi connectivity index (χ4n) is 1.14. The first kappa shape index (κ1) is 12.5. The predicted octanol–water partition coefficient (Wildman–Crippen LogP) is 3.84. The van der Waals surface area contributed by atoms with Gasteiger partial charge in [-0.05, 0) is 12.1 Å². The highest BCUT2D eigenvalue weighted by Gasteiger charge is 2.30. The molecule has 0 unspecified atom stereocenters. The quantitative estimate of drug-likeness (QED) is 0.751. The number of alkyl halides is 3. The SMILES string of the molecule is Fc1cc(F)cc(-c2noc(C(Cl)(Cl)Cl)n2)c1. The monoisotopic (exact) mass is 298 g/mol. The number of hydrogen-bond donors (Lipinski definition) is 0. The van der Waals surface area contributed by atoms with Crippen molar-refractivity contribution in [3.8, 4) is 11.4 Å². The molecule has 2 rings (SSSR count). The summed E-state index contributed by atoms with van der Waals surface area (Å²) in [5, 5.41) is 3.46. The lowest BCUT2D eigenvalue weighted by atomic mass is 10.2. The van der Waals surface area contributed by atoms with Crippen LogP contribution in [-0.4, -0.2) is 10.1 Å². The molecule has 90 valence electrons. The van der Waals surface area contributed by atoms with Crippen LogP contribution in [0, 0.1) is 11.6 Å². The minimum absolute atomic E-state index is 0.0651. The Bertz CT molecular complexity index is 533. The molecule has 1 aromatic heterocycles. The van der Waals surface area contributed by atoms with E-state index in [2.05, 4.69) is 14.7 Å². The first-order chi connectivity index (χ1) is 7.86. The third kappa shape index (κ3) is 2.86. The molecule has 0 spiro atoms. The number of rotatable bonds is 1. The number of benzene rings is 1. The highest BCUT2D eigenvalue weighted by molar-refractivity contribution is 6.66. The van der Waals surface area contributed by atoms with Gasteiger partial charge in [-0.3, -0.25) is 0 Å². The fraction of sp³-hybridized carbons (Fsp3) is 0.111. The molecule has 0 atom stereocenters. The summed E-state index contributed by atoms with van der Waals surface area (Å²) in [5.41, 5.74) is 0.0896. The second-order valence-corrected chi connectivity index (χ2v) is 5.36. The van der Waals surface area contributed by atoms with Crippen molar-refractivity contribution in [3.05, 3.63) is 35.7 Å². The fourth-order valence-corrected chi connectivity index (χ4v) is 1.37. The molecule has 0 aliphatic rings. The summed E-state index contributed by atoms with van der Waals surface area (Å²) in [6.45, 7) is 0. The van der Waals surface area contributed by atoms with E-state index in [0.29, 0.717) is 0 Å². The van der Waals surface area contributed by atoms with Crippen LogP contribution >= 0.6 is 34.8 Å². The average Bonchev–Trinajstić information content (AvgIpc) is 2.63. The molecule has 1 heterocycles. The van der Waals surface area contributed by atoms with Gasteiger partial charge in [-0.1, -0.05) is 40.0 Å². The molecule has 0 bridgehead atoms. The average molecular weight is 299 g/mol. The van der Waals surface area contributed by atoms with E-state index >= 15 is 0 Å². The molecule has 0 fully saturated rings. The molecule has 17 heavy (non-hydrogen) atoms. The van der Waals surface area contributed by atoms with Crippen molar-refractivity contribution in [1.29, 1.82) is 0 Å². The lowest BCUT2D eigenvalue weighted by molar-refractivity contribution is 0.383. The zero-order valence-corrected chi connectivity index (χ0v) is 10.2. The molecule has 3 nitrogen and oxygen atoms in total. The van der Waals surface area contributed by atoms with Crippen LogP contribution in [0.3, 0.4) is 0 Å². The highest BCUT2D eigenvalue weighted by atomic mass is 35.6. The lowest BCUT2D eigenvalue weighted by Crippen LogP contribution is -1.99. The third-order valence-electron chi connectivity index (χ3n) is 1.79. The summed E-state index contributed by atoms with van der Waals surface area (Å²) in [7, 11) is 0. The zero-order valence-electron chi connectivity index (χ0n) is 7.92. The Morgan fingerprint density at radius 3 is 2.12 bits per heavy atom. The Kier molecular flexibility index (Phi) is 3.25. The first-order valence-electron chi connectivity index (χ1n) is 4.23. The van der Waals surface area contributed by atoms with E-state index in [9.17, 15) is 8.78 Å². The van der Waals surface area contributed by atoms with Gasteiger partial charge in [0.15, 0.2) is 0 Å². The molecule has 0 N–H and O–H groups in total. The van der Waals surface area contributed by atoms with Gasteiger partial charge in [0.1, 0.15) is 11.6 Å². The van der Waals surface area contributed by atoms with Gasteiger partial charge in [0.25, 0.3) is 9.68 Å². The summed E-state index contributed by atoms with van der Waals surface area (Å²) < 4.78 is 28.7. The van der Waals surface area contributed by atoms with Crippen molar-refractivity contribution in [1.82, 2.24) is 10.1 Å². The second kappa shape index (κ2) is 4.40. The predicted molar refractivity (Wildman–Crippen MR) is 58.9 cm³/mol. The van der Waals surface area contributed by atoms with Gasteiger partial charge in [-0.2, -0.15) is 4.98 Å². The third-order valence-corrected chi connectivity index (χ3v) is 2.27. The second-order valence-electron chi connectivity index (χ2n) is 3.08. The summed E-state index contributed by atoms with van der Waals surface area (Å²) in [6, 6.07) is 2.80. The maximum Gasteiger partial charge on any atom is 0.279 e.